The summed E-state index contributed by atoms with van der Waals surface area (Å²) in [6, 6.07) is 4.05. The van der Waals surface area contributed by atoms with E-state index in [0.717, 1.165) is 4.68 Å². The minimum atomic E-state index is -1.32. The molecule has 0 bridgehead atoms. The molecule has 0 saturated carbocycles. The number of hydrogen-bond acceptors (Lipinski definition) is 8. The number of carbonyl (C=O) groups excluding carboxylic acids is 1. The quantitative estimate of drug-likeness (QED) is 0.457. The lowest BCUT2D eigenvalue weighted by Gasteiger charge is -2.41. The predicted molar refractivity (Wildman–Crippen MR) is 102 cm³/mol. The molecular formula is C18H19BN4O8. The van der Waals surface area contributed by atoms with Crippen molar-refractivity contribution in [1.82, 2.24) is 19.9 Å². The number of ether oxygens (including phenoxy) is 1. The van der Waals surface area contributed by atoms with Gasteiger partial charge in [-0.3, -0.25) is 9.59 Å². The number of para-hydroxylation sites is 1. The molecule has 3 N–H and O–H groups in total. The number of amides is 1. The van der Waals surface area contributed by atoms with Gasteiger partial charge in [0.25, 0.3) is 0 Å². The van der Waals surface area contributed by atoms with Gasteiger partial charge in [-0.25, -0.2) is 9.48 Å². The lowest BCUT2D eigenvalue weighted by Crippen LogP contribution is -2.58. The van der Waals surface area contributed by atoms with Crippen molar-refractivity contribution >= 4 is 25.0 Å². The van der Waals surface area contributed by atoms with Crippen molar-refractivity contribution in [2.75, 3.05) is 13.1 Å². The summed E-state index contributed by atoms with van der Waals surface area (Å²) in [7, 11) is -1.32. The standard InChI is InChI=1S/C18H19BN4O8/c24-15(5-11-6-23(21-20-11)9-16(25)26)22-7-12(8-22)30-14-4-10-2-1-3-13(18(27)28)17(10)31-19(14)29/h1-3,6,12,14,29H,4-5,7-9H2,(H,25,26)(H,27,28). The Bertz CT molecular complexity index is 1020. The zero-order valence-corrected chi connectivity index (χ0v) is 16.2. The molecule has 3 heterocycles. The molecule has 162 valence electrons. The molecule has 1 atom stereocenters. The van der Waals surface area contributed by atoms with Gasteiger partial charge in [0.2, 0.25) is 5.91 Å². The van der Waals surface area contributed by atoms with E-state index in [-0.39, 0.29) is 42.7 Å². The molecule has 2 aromatic rings. The Morgan fingerprint density at radius 2 is 2.03 bits per heavy atom. The Morgan fingerprint density at radius 3 is 2.74 bits per heavy atom. The minimum absolute atomic E-state index is 0.00710. The van der Waals surface area contributed by atoms with Crippen LogP contribution < -0.4 is 4.65 Å². The number of likely N-dealkylation sites (tertiary alicyclic amines) is 1. The van der Waals surface area contributed by atoms with Crippen LogP contribution >= 0.6 is 0 Å². The third-order valence-electron chi connectivity index (χ3n) is 5.09. The van der Waals surface area contributed by atoms with E-state index < -0.39 is 25.1 Å². The number of fused-ring (bicyclic) bond motifs is 1. The van der Waals surface area contributed by atoms with E-state index in [1.807, 2.05) is 0 Å². The fourth-order valence-corrected chi connectivity index (χ4v) is 3.56. The van der Waals surface area contributed by atoms with Gasteiger partial charge in [-0.15, -0.1) is 5.10 Å². The second-order valence-electron chi connectivity index (χ2n) is 7.38. The van der Waals surface area contributed by atoms with Gasteiger partial charge in [-0.05, 0) is 11.6 Å². The Balaban J connectivity index is 1.28. The maximum absolute atomic E-state index is 12.3. The molecule has 4 rings (SSSR count). The van der Waals surface area contributed by atoms with Crippen LogP contribution in [-0.2, 0) is 33.7 Å². The molecule has 1 aromatic carbocycles. The summed E-state index contributed by atoms with van der Waals surface area (Å²) in [5, 5.41) is 35.7. The SMILES string of the molecule is O=C(O)Cn1cc(CC(=O)N2CC(OC3Cc4cccc(C(=O)O)c4OB3O)C2)nn1. The zero-order valence-electron chi connectivity index (χ0n) is 16.2. The molecular weight excluding hydrogens is 411 g/mol. The average Bonchev–Trinajstić information content (AvgIpc) is 3.09. The minimum Gasteiger partial charge on any atom is -0.534 e. The van der Waals surface area contributed by atoms with E-state index in [2.05, 4.69) is 10.3 Å². The molecule has 0 aliphatic carbocycles. The largest absolute Gasteiger partial charge is 0.554 e. The van der Waals surface area contributed by atoms with Crippen LogP contribution in [0.15, 0.2) is 24.4 Å². The first-order valence-corrected chi connectivity index (χ1v) is 9.54. The van der Waals surface area contributed by atoms with Gasteiger partial charge in [-0.2, -0.15) is 0 Å². The first kappa shape index (κ1) is 20.8. The van der Waals surface area contributed by atoms with Crippen LogP contribution in [0.4, 0.5) is 0 Å². The zero-order chi connectivity index (χ0) is 22.1. The topological polar surface area (TPSA) is 164 Å². The first-order valence-electron chi connectivity index (χ1n) is 9.54. The fourth-order valence-electron chi connectivity index (χ4n) is 3.56. The van der Waals surface area contributed by atoms with Crippen molar-refractivity contribution in [3.8, 4) is 5.75 Å². The highest BCUT2D eigenvalue weighted by Crippen LogP contribution is 2.32. The third-order valence-corrected chi connectivity index (χ3v) is 5.09. The molecule has 31 heavy (non-hydrogen) atoms. The summed E-state index contributed by atoms with van der Waals surface area (Å²) in [5.41, 5.74) is 0.986. The van der Waals surface area contributed by atoms with Crippen LogP contribution in [0.25, 0.3) is 0 Å². The molecule has 1 fully saturated rings. The normalized spacial score (nSPS) is 18.2. The van der Waals surface area contributed by atoms with Gasteiger partial charge >= 0.3 is 19.1 Å². The van der Waals surface area contributed by atoms with Gasteiger partial charge in [-0.1, -0.05) is 17.3 Å². The van der Waals surface area contributed by atoms with Crippen LogP contribution in [0.3, 0.4) is 0 Å². The summed E-state index contributed by atoms with van der Waals surface area (Å²) in [4.78, 5) is 35.9. The molecule has 1 saturated heterocycles. The molecule has 1 unspecified atom stereocenters. The molecule has 2 aliphatic heterocycles. The average molecular weight is 430 g/mol. The van der Waals surface area contributed by atoms with Gasteiger partial charge in [0, 0.05) is 25.7 Å². The van der Waals surface area contributed by atoms with Crippen molar-refractivity contribution in [2.24, 2.45) is 0 Å². The highest BCUT2D eigenvalue weighted by molar-refractivity contribution is 6.46. The Labute approximate surface area is 176 Å². The van der Waals surface area contributed by atoms with Crippen molar-refractivity contribution < 1.29 is 39.0 Å². The highest BCUT2D eigenvalue weighted by Gasteiger charge is 2.42. The fraction of sp³-hybridized carbons (Fsp3) is 0.389. The Hall–Kier alpha value is -3.45. The maximum Gasteiger partial charge on any atom is 0.554 e. The summed E-state index contributed by atoms with van der Waals surface area (Å²) >= 11 is 0. The van der Waals surface area contributed by atoms with E-state index in [4.69, 9.17) is 14.5 Å². The number of carboxylic acids is 2. The Kier molecular flexibility index (Phi) is 5.61. The first-order chi connectivity index (χ1) is 14.8. The summed E-state index contributed by atoms with van der Waals surface area (Å²) in [6.07, 6.45) is 1.40. The van der Waals surface area contributed by atoms with Crippen molar-refractivity contribution in [1.29, 1.82) is 0 Å². The molecule has 0 spiro atoms. The number of aromatic carboxylic acids is 1. The van der Waals surface area contributed by atoms with Crippen LogP contribution in [0, 0.1) is 0 Å². The molecule has 0 radical (unpaired) electrons. The van der Waals surface area contributed by atoms with Crippen LogP contribution in [0.1, 0.15) is 21.6 Å². The van der Waals surface area contributed by atoms with E-state index in [0.29, 0.717) is 24.3 Å². The Morgan fingerprint density at radius 1 is 1.26 bits per heavy atom. The van der Waals surface area contributed by atoms with E-state index in [9.17, 15) is 24.5 Å². The predicted octanol–water partition coefficient (Wildman–Crippen LogP) is -1.15. The maximum atomic E-state index is 12.3. The smallest absolute Gasteiger partial charge is 0.534 e. The molecule has 2 aliphatic rings. The van der Waals surface area contributed by atoms with Crippen LogP contribution in [-0.4, -0.2) is 85.3 Å². The number of rotatable bonds is 7. The lowest BCUT2D eigenvalue weighted by atomic mass is 9.74. The number of benzene rings is 1. The van der Waals surface area contributed by atoms with Gasteiger partial charge in [0.15, 0.2) is 0 Å². The number of nitrogens with zero attached hydrogens (tertiary/aromatic N) is 4. The van der Waals surface area contributed by atoms with Crippen molar-refractivity contribution in [3.63, 3.8) is 0 Å². The van der Waals surface area contributed by atoms with Gasteiger partial charge < -0.3 is 29.5 Å². The third kappa shape index (κ3) is 4.51. The second kappa shape index (κ2) is 8.36. The molecule has 1 amide bonds. The number of carboxylic acid groups (broad SMARTS) is 2. The number of aromatic nitrogens is 3. The van der Waals surface area contributed by atoms with E-state index >= 15 is 0 Å². The van der Waals surface area contributed by atoms with E-state index in [1.165, 1.54) is 12.3 Å². The van der Waals surface area contributed by atoms with Crippen molar-refractivity contribution in [3.05, 3.63) is 41.2 Å². The van der Waals surface area contributed by atoms with Gasteiger partial charge in [0.05, 0.1) is 23.8 Å². The molecule has 12 nitrogen and oxygen atoms in total. The molecule has 13 heteroatoms. The number of aliphatic carboxylic acids is 1. The summed E-state index contributed by atoms with van der Waals surface area (Å²) < 4.78 is 12.4. The monoisotopic (exact) mass is 430 g/mol. The lowest BCUT2D eigenvalue weighted by molar-refractivity contribution is -0.146. The van der Waals surface area contributed by atoms with Crippen LogP contribution in [0.2, 0.25) is 0 Å². The van der Waals surface area contributed by atoms with Gasteiger partial charge in [0.1, 0.15) is 18.3 Å². The molecule has 1 aromatic heterocycles. The van der Waals surface area contributed by atoms with Crippen molar-refractivity contribution in [2.45, 2.75) is 31.5 Å². The summed E-state index contributed by atoms with van der Waals surface area (Å²) in [6.45, 7) is 0.324. The number of carbonyl (C=O) groups is 3. The summed E-state index contributed by atoms with van der Waals surface area (Å²) in [5.74, 6) is -2.25. The second-order valence-corrected chi connectivity index (χ2v) is 7.38. The van der Waals surface area contributed by atoms with Crippen LogP contribution in [0.5, 0.6) is 5.75 Å². The van der Waals surface area contributed by atoms with E-state index in [1.54, 1.807) is 17.0 Å². The number of hydrogen-bond donors (Lipinski definition) is 3. The highest BCUT2D eigenvalue weighted by atomic mass is 16.6.